The molecule has 0 saturated heterocycles. The van der Waals surface area contributed by atoms with E-state index in [0.29, 0.717) is 6.54 Å². The maximum atomic E-state index is 5.71. The molecule has 0 fully saturated rings. The molecule has 66 valence electrons. The Morgan fingerprint density at radius 2 is 1.83 bits per heavy atom. The molecule has 2 nitrogen and oxygen atoms in total. The summed E-state index contributed by atoms with van der Waals surface area (Å²) >= 11 is 0. The molecule has 0 aliphatic rings. The smallest absolute Gasteiger partial charge is 0.0266 e. The van der Waals surface area contributed by atoms with Gasteiger partial charge < -0.3 is 11.5 Å². The Kier molecular flexibility index (Phi) is 3.26. The van der Waals surface area contributed by atoms with Crippen LogP contribution in [0.4, 0.5) is 0 Å². The molecular formula is C10H16N2. The summed E-state index contributed by atoms with van der Waals surface area (Å²) in [6.07, 6.45) is 0.944. The third-order valence-corrected chi connectivity index (χ3v) is 1.94. The van der Waals surface area contributed by atoms with Crippen molar-refractivity contribution < 1.29 is 0 Å². The second-order valence-electron chi connectivity index (χ2n) is 3.07. The maximum Gasteiger partial charge on any atom is 0.0266 e. The molecule has 0 aliphatic heterocycles. The van der Waals surface area contributed by atoms with Crippen molar-refractivity contribution in [1.82, 2.24) is 0 Å². The molecule has 1 rings (SSSR count). The maximum absolute atomic E-state index is 5.71. The predicted octanol–water partition coefficient (Wildman–Crippen LogP) is 1.21. The minimum Gasteiger partial charge on any atom is -0.330 e. The van der Waals surface area contributed by atoms with E-state index < -0.39 is 0 Å². The van der Waals surface area contributed by atoms with Gasteiger partial charge in [-0.3, -0.25) is 0 Å². The Bertz CT molecular complexity index is 226. The predicted molar refractivity (Wildman–Crippen MR) is 51.8 cm³/mol. The Balaban J connectivity index is 2.71. The summed E-state index contributed by atoms with van der Waals surface area (Å²) in [4.78, 5) is 0. The lowest BCUT2D eigenvalue weighted by Crippen LogP contribution is -2.06. The van der Waals surface area contributed by atoms with Gasteiger partial charge in [0.1, 0.15) is 0 Å². The molecule has 12 heavy (non-hydrogen) atoms. The molecule has 0 aliphatic carbocycles. The average molecular weight is 164 g/mol. The Hall–Kier alpha value is -0.860. The molecule has 2 heteroatoms. The minimum absolute atomic E-state index is 0.122. The van der Waals surface area contributed by atoms with Gasteiger partial charge in [-0.15, -0.1) is 0 Å². The van der Waals surface area contributed by atoms with Gasteiger partial charge in [-0.2, -0.15) is 0 Å². The summed E-state index contributed by atoms with van der Waals surface area (Å²) in [6, 6.07) is 8.43. The van der Waals surface area contributed by atoms with E-state index in [2.05, 4.69) is 24.3 Å². The molecule has 0 heterocycles. The van der Waals surface area contributed by atoms with E-state index in [-0.39, 0.29) is 6.04 Å². The van der Waals surface area contributed by atoms with Crippen LogP contribution < -0.4 is 11.5 Å². The zero-order chi connectivity index (χ0) is 8.97. The normalized spacial score (nSPS) is 12.9. The number of hydrogen-bond acceptors (Lipinski definition) is 2. The van der Waals surface area contributed by atoms with Crippen molar-refractivity contribution in [1.29, 1.82) is 0 Å². The van der Waals surface area contributed by atoms with Crippen LogP contribution in [0.3, 0.4) is 0 Å². The van der Waals surface area contributed by atoms with E-state index in [1.165, 1.54) is 11.1 Å². The highest BCUT2D eigenvalue weighted by atomic mass is 14.6. The van der Waals surface area contributed by atoms with Crippen LogP contribution in [0.25, 0.3) is 0 Å². The fourth-order valence-electron chi connectivity index (χ4n) is 1.15. The van der Waals surface area contributed by atoms with Gasteiger partial charge in [0.05, 0.1) is 0 Å². The van der Waals surface area contributed by atoms with Crippen LogP contribution in [0, 0.1) is 0 Å². The number of rotatable bonds is 3. The molecule has 0 aromatic heterocycles. The third kappa shape index (κ3) is 2.32. The SMILES string of the molecule is CC(N)c1ccc(CCN)cc1. The Labute approximate surface area is 73.6 Å². The van der Waals surface area contributed by atoms with Crippen molar-refractivity contribution in [2.45, 2.75) is 19.4 Å². The van der Waals surface area contributed by atoms with Gasteiger partial charge in [-0.1, -0.05) is 24.3 Å². The topological polar surface area (TPSA) is 52.0 Å². The molecule has 0 amide bonds. The van der Waals surface area contributed by atoms with E-state index in [9.17, 15) is 0 Å². The molecule has 1 atom stereocenters. The van der Waals surface area contributed by atoms with Crippen LogP contribution in [0.5, 0.6) is 0 Å². The highest BCUT2D eigenvalue weighted by Crippen LogP contribution is 2.10. The fraction of sp³-hybridized carbons (Fsp3) is 0.400. The molecule has 1 aromatic carbocycles. The van der Waals surface area contributed by atoms with E-state index in [1.54, 1.807) is 0 Å². The van der Waals surface area contributed by atoms with Gasteiger partial charge in [-0.25, -0.2) is 0 Å². The van der Waals surface area contributed by atoms with Crippen LogP contribution in [0.15, 0.2) is 24.3 Å². The van der Waals surface area contributed by atoms with Crippen LogP contribution >= 0.6 is 0 Å². The van der Waals surface area contributed by atoms with Crippen molar-refractivity contribution in [3.05, 3.63) is 35.4 Å². The second-order valence-corrected chi connectivity index (χ2v) is 3.07. The molecule has 0 bridgehead atoms. The van der Waals surface area contributed by atoms with Crippen molar-refractivity contribution in [3.8, 4) is 0 Å². The number of hydrogen-bond donors (Lipinski definition) is 2. The Morgan fingerprint density at radius 3 is 2.25 bits per heavy atom. The highest BCUT2D eigenvalue weighted by molar-refractivity contribution is 5.24. The first-order valence-corrected chi connectivity index (χ1v) is 4.28. The van der Waals surface area contributed by atoms with Crippen molar-refractivity contribution in [2.75, 3.05) is 6.54 Å². The van der Waals surface area contributed by atoms with Gasteiger partial charge >= 0.3 is 0 Å². The van der Waals surface area contributed by atoms with Crippen molar-refractivity contribution in [3.63, 3.8) is 0 Å². The molecule has 1 unspecified atom stereocenters. The summed E-state index contributed by atoms with van der Waals surface area (Å²) in [5, 5.41) is 0. The van der Waals surface area contributed by atoms with Gasteiger partial charge in [0.25, 0.3) is 0 Å². The summed E-state index contributed by atoms with van der Waals surface area (Å²) in [5.41, 5.74) is 13.6. The Morgan fingerprint density at radius 1 is 1.25 bits per heavy atom. The standard InChI is InChI=1S/C10H16N2/c1-8(12)10-4-2-9(3-5-10)6-7-11/h2-5,8H,6-7,11-12H2,1H3. The van der Waals surface area contributed by atoms with Crippen molar-refractivity contribution >= 4 is 0 Å². The van der Waals surface area contributed by atoms with Crippen LogP contribution in [0.1, 0.15) is 24.1 Å². The molecule has 0 saturated carbocycles. The fourth-order valence-corrected chi connectivity index (χ4v) is 1.15. The lowest BCUT2D eigenvalue weighted by atomic mass is 10.1. The first-order chi connectivity index (χ1) is 5.74. The van der Waals surface area contributed by atoms with Crippen LogP contribution in [-0.2, 0) is 6.42 Å². The summed E-state index contributed by atoms with van der Waals surface area (Å²) in [5.74, 6) is 0. The molecular weight excluding hydrogens is 148 g/mol. The minimum atomic E-state index is 0.122. The zero-order valence-corrected chi connectivity index (χ0v) is 7.46. The van der Waals surface area contributed by atoms with Gasteiger partial charge in [-0.05, 0) is 31.0 Å². The first-order valence-electron chi connectivity index (χ1n) is 4.28. The van der Waals surface area contributed by atoms with Gasteiger partial charge in [0, 0.05) is 6.04 Å². The summed E-state index contributed by atoms with van der Waals surface area (Å²) < 4.78 is 0. The zero-order valence-electron chi connectivity index (χ0n) is 7.46. The van der Waals surface area contributed by atoms with Crippen LogP contribution in [-0.4, -0.2) is 6.54 Å². The lowest BCUT2D eigenvalue weighted by Gasteiger charge is -2.05. The molecule has 4 N–H and O–H groups in total. The molecule has 0 radical (unpaired) electrons. The van der Waals surface area contributed by atoms with Crippen molar-refractivity contribution in [2.24, 2.45) is 11.5 Å². The summed E-state index contributed by atoms with van der Waals surface area (Å²) in [7, 11) is 0. The lowest BCUT2D eigenvalue weighted by molar-refractivity contribution is 0.816. The highest BCUT2D eigenvalue weighted by Gasteiger charge is 1.97. The van der Waals surface area contributed by atoms with Gasteiger partial charge in [0.2, 0.25) is 0 Å². The van der Waals surface area contributed by atoms with E-state index >= 15 is 0 Å². The quantitative estimate of drug-likeness (QED) is 0.705. The first kappa shape index (κ1) is 9.23. The summed E-state index contributed by atoms with van der Waals surface area (Å²) in [6.45, 7) is 2.69. The number of nitrogens with two attached hydrogens (primary N) is 2. The van der Waals surface area contributed by atoms with Gasteiger partial charge in [0.15, 0.2) is 0 Å². The second kappa shape index (κ2) is 4.24. The monoisotopic (exact) mass is 164 g/mol. The van der Waals surface area contributed by atoms with E-state index in [0.717, 1.165) is 6.42 Å². The molecule has 1 aromatic rings. The molecule has 0 spiro atoms. The van der Waals surface area contributed by atoms with Crippen LogP contribution in [0.2, 0.25) is 0 Å². The third-order valence-electron chi connectivity index (χ3n) is 1.94. The average Bonchev–Trinajstić information content (AvgIpc) is 2.06. The largest absolute Gasteiger partial charge is 0.330 e. The number of benzene rings is 1. The van der Waals surface area contributed by atoms with E-state index in [4.69, 9.17) is 11.5 Å². The van der Waals surface area contributed by atoms with E-state index in [1.807, 2.05) is 6.92 Å².